The van der Waals surface area contributed by atoms with Crippen LogP contribution >= 0.6 is 23.2 Å². The average molecular weight is 540 g/mol. The zero-order chi connectivity index (χ0) is 26.3. The van der Waals surface area contributed by atoms with Gasteiger partial charge in [0.1, 0.15) is 11.4 Å². The SMILES string of the molecule is Cc1nccn1CC1=Cc2cc(Cl)ccc2C(N2CCN(C(=O)OC(C)(C)C)CC2)c2ncc(Cl)cc21. The minimum atomic E-state index is -0.522. The molecule has 0 radical (unpaired) electrons. The molecule has 1 amide bonds. The molecule has 2 aliphatic rings. The molecule has 1 aliphatic heterocycles. The first-order valence-corrected chi connectivity index (χ1v) is 13.2. The van der Waals surface area contributed by atoms with Gasteiger partial charge in [-0.3, -0.25) is 9.88 Å². The van der Waals surface area contributed by atoms with Crippen molar-refractivity contribution in [1.82, 2.24) is 24.3 Å². The molecule has 0 saturated carbocycles. The lowest BCUT2D eigenvalue weighted by atomic mass is 9.95. The molecular formula is C28H31Cl2N5O2. The number of allylic oxidation sites excluding steroid dienone is 1. The second-order valence-corrected chi connectivity index (χ2v) is 11.4. The molecule has 2 aromatic heterocycles. The Balaban J connectivity index is 1.53. The lowest BCUT2D eigenvalue weighted by molar-refractivity contribution is 0.0118. The number of amides is 1. The first-order valence-electron chi connectivity index (χ1n) is 12.4. The fourth-order valence-electron chi connectivity index (χ4n) is 5.00. The first-order chi connectivity index (χ1) is 17.6. The van der Waals surface area contributed by atoms with Gasteiger partial charge in [-0.1, -0.05) is 29.3 Å². The molecule has 7 nitrogen and oxygen atoms in total. The van der Waals surface area contributed by atoms with E-state index in [1.54, 1.807) is 11.1 Å². The zero-order valence-corrected chi connectivity index (χ0v) is 23.1. The molecule has 0 spiro atoms. The summed E-state index contributed by atoms with van der Waals surface area (Å²) in [6, 6.07) is 7.91. The van der Waals surface area contributed by atoms with Crippen molar-refractivity contribution in [3.05, 3.63) is 81.1 Å². The number of rotatable bonds is 3. The molecule has 37 heavy (non-hydrogen) atoms. The number of hydrogen-bond donors (Lipinski definition) is 0. The third-order valence-electron chi connectivity index (χ3n) is 6.76. The highest BCUT2D eigenvalue weighted by Crippen LogP contribution is 2.41. The maximum Gasteiger partial charge on any atom is 0.410 e. The lowest BCUT2D eigenvalue weighted by Crippen LogP contribution is -2.51. The number of pyridine rings is 1. The predicted molar refractivity (Wildman–Crippen MR) is 147 cm³/mol. The molecule has 0 N–H and O–H groups in total. The number of hydrogen-bond acceptors (Lipinski definition) is 5. The summed E-state index contributed by atoms with van der Waals surface area (Å²) in [6.45, 7) is 10.8. The molecule has 1 aromatic carbocycles. The van der Waals surface area contributed by atoms with Gasteiger partial charge in [0.05, 0.1) is 16.8 Å². The van der Waals surface area contributed by atoms with Gasteiger partial charge in [0.15, 0.2) is 0 Å². The molecular weight excluding hydrogens is 509 g/mol. The quantitative estimate of drug-likeness (QED) is 0.403. The normalized spacial score (nSPS) is 18.1. The lowest BCUT2D eigenvalue weighted by Gasteiger charge is -2.40. The molecule has 3 aromatic rings. The van der Waals surface area contributed by atoms with Crippen molar-refractivity contribution in [2.45, 2.75) is 45.9 Å². The van der Waals surface area contributed by atoms with E-state index in [4.69, 9.17) is 32.9 Å². The van der Waals surface area contributed by atoms with E-state index in [2.05, 4.69) is 26.6 Å². The van der Waals surface area contributed by atoms with E-state index in [0.717, 1.165) is 33.8 Å². The maximum absolute atomic E-state index is 12.7. The molecule has 5 rings (SSSR count). The second-order valence-electron chi connectivity index (χ2n) is 10.5. The van der Waals surface area contributed by atoms with E-state index in [9.17, 15) is 4.79 Å². The van der Waals surface area contributed by atoms with Crippen LogP contribution in [0.15, 0.2) is 42.9 Å². The number of piperazine rings is 1. The van der Waals surface area contributed by atoms with Crippen molar-refractivity contribution in [2.24, 2.45) is 0 Å². The van der Waals surface area contributed by atoms with Gasteiger partial charge in [-0.2, -0.15) is 0 Å². The van der Waals surface area contributed by atoms with Gasteiger partial charge in [0.25, 0.3) is 0 Å². The Kier molecular flexibility index (Phi) is 7.05. The topological polar surface area (TPSA) is 63.5 Å². The second kappa shape index (κ2) is 10.1. The molecule has 1 saturated heterocycles. The Morgan fingerprint density at radius 1 is 1.08 bits per heavy atom. The molecule has 194 valence electrons. The van der Waals surface area contributed by atoms with Crippen molar-refractivity contribution in [3.8, 4) is 0 Å². The van der Waals surface area contributed by atoms with Crippen LogP contribution < -0.4 is 0 Å². The number of benzene rings is 1. The third kappa shape index (κ3) is 5.54. The zero-order valence-electron chi connectivity index (χ0n) is 21.5. The Morgan fingerprint density at radius 3 is 2.51 bits per heavy atom. The number of aryl methyl sites for hydroxylation is 1. The summed E-state index contributed by atoms with van der Waals surface area (Å²) in [5.41, 5.74) is 4.70. The van der Waals surface area contributed by atoms with Crippen LogP contribution in [0.3, 0.4) is 0 Å². The van der Waals surface area contributed by atoms with E-state index in [1.807, 2.05) is 58.3 Å². The Hall–Kier alpha value is -2.87. The number of carbonyl (C=O) groups excluding carboxylic acids is 1. The molecule has 1 unspecified atom stereocenters. The minimum absolute atomic E-state index is 0.113. The van der Waals surface area contributed by atoms with Gasteiger partial charge < -0.3 is 14.2 Å². The summed E-state index contributed by atoms with van der Waals surface area (Å²) in [4.78, 5) is 26.1. The molecule has 1 fully saturated rings. The van der Waals surface area contributed by atoms with Crippen molar-refractivity contribution in [3.63, 3.8) is 0 Å². The van der Waals surface area contributed by atoms with E-state index in [1.165, 1.54) is 0 Å². The average Bonchev–Trinajstić information content (AvgIpc) is 3.18. The number of fused-ring (bicyclic) bond motifs is 2. The highest BCUT2D eigenvalue weighted by molar-refractivity contribution is 6.31. The minimum Gasteiger partial charge on any atom is -0.444 e. The molecule has 9 heteroatoms. The summed E-state index contributed by atoms with van der Waals surface area (Å²) >= 11 is 13.0. The first kappa shape index (κ1) is 25.8. The molecule has 1 aliphatic carbocycles. The Bertz CT molecular complexity index is 1350. The van der Waals surface area contributed by atoms with Gasteiger partial charge in [-0.05, 0) is 68.7 Å². The van der Waals surface area contributed by atoms with Gasteiger partial charge in [-0.15, -0.1) is 0 Å². The van der Waals surface area contributed by atoms with Crippen LogP contribution in [0.5, 0.6) is 0 Å². The summed E-state index contributed by atoms with van der Waals surface area (Å²) < 4.78 is 7.71. The van der Waals surface area contributed by atoms with E-state index in [-0.39, 0.29) is 12.1 Å². The van der Waals surface area contributed by atoms with Crippen LogP contribution in [-0.2, 0) is 11.3 Å². The predicted octanol–water partition coefficient (Wildman–Crippen LogP) is 6.09. The van der Waals surface area contributed by atoms with Gasteiger partial charge >= 0.3 is 6.09 Å². The van der Waals surface area contributed by atoms with Crippen LogP contribution in [0.1, 0.15) is 55.0 Å². The summed E-state index contributed by atoms with van der Waals surface area (Å²) in [7, 11) is 0. The van der Waals surface area contributed by atoms with Crippen molar-refractivity contribution in [1.29, 1.82) is 0 Å². The fourth-order valence-corrected chi connectivity index (χ4v) is 5.34. The van der Waals surface area contributed by atoms with E-state index in [0.29, 0.717) is 42.8 Å². The maximum atomic E-state index is 12.7. The number of ether oxygens (including phenoxy) is 1. The van der Waals surface area contributed by atoms with E-state index >= 15 is 0 Å². The largest absolute Gasteiger partial charge is 0.444 e. The number of imidazole rings is 1. The fraction of sp³-hybridized carbons (Fsp3) is 0.393. The standard InChI is InChI=1S/C28H31Cl2N5O2/c1-18-31-7-8-35(18)17-20-13-19-14-21(29)5-6-23(19)26(25-24(20)15-22(30)16-32-25)33-9-11-34(12-10-33)27(36)37-28(2,3)4/h5-8,13-16,26H,9-12,17H2,1-4H3. The number of nitrogens with zero attached hydrogens (tertiary/aromatic N) is 5. The Labute approximate surface area is 227 Å². The smallest absolute Gasteiger partial charge is 0.410 e. The molecule has 3 heterocycles. The molecule has 0 bridgehead atoms. The van der Waals surface area contributed by atoms with Gasteiger partial charge in [-0.25, -0.2) is 9.78 Å². The summed E-state index contributed by atoms with van der Waals surface area (Å²) in [6.07, 6.45) is 7.41. The highest BCUT2D eigenvalue weighted by atomic mass is 35.5. The van der Waals surface area contributed by atoms with Crippen LogP contribution in [0.25, 0.3) is 11.6 Å². The van der Waals surface area contributed by atoms with Crippen molar-refractivity contribution in [2.75, 3.05) is 26.2 Å². The van der Waals surface area contributed by atoms with Gasteiger partial charge in [0, 0.05) is 61.9 Å². The van der Waals surface area contributed by atoms with Crippen LogP contribution in [-0.4, -0.2) is 62.2 Å². The third-order valence-corrected chi connectivity index (χ3v) is 7.20. The monoisotopic (exact) mass is 539 g/mol. The van der Waals surface area contributed by atoms with Crippen LogP contribution in [0.2, 0.25) is 10.0 Å². The van der Waals surface area contributed by atoms with Crippen molar-refractivity contribution < 1.29 is 9.53 Å². The van der Waals surface area contributed by atoms with Gasteiger partial charge in [0.2, 0.25) is 0 Å². The van der Waals surface area contributed by atoms with Crippen molar-refractivity contribution >= 4 is 40.9 Å². The molecule has 1 atom stereocenters. The summed E-state index contributed by atoms with van der Waals surface area (Å²) in [5, 5.41) is 1.27. The summed E-state index contributed by atoms with van der Waals surface area (Å²) in [5.74, 6) is 0.933. The number of carbonyl (C=O) groups is 1. The van der Waals surface area contributed by atoms with Crippen LogP contribution in [0, 0.1) is 6.92 Å². The van der Waals surface area contributed by atoms with Crippen LogP contribution in [0.4, 0.5) is 4.79 Å². The highest BCUT2D eigenvalue weighted by Gasteiger charge is 2.35. The van der Waals surface area contributed by atoms with E-state index < -0.39 is 5.60 Å². The number of halogens is 2. The Morgan fingerprint density at radius 2 is 1.84 bits per heavy atom. The number of aromatic nitrogens is 3.